The van der Waals surface area contributed by atoms with Gasteiger partial charge in [0.25, 0.3) is 0 Å². The van der Waals surface area contributed by atoms with Crippen LogP contribution in [0.4, 0.5) is 0 Å². The van der Waals surface area contributed by atoms with Crippen molar-refractivity contribution < 1.29 is 0 Å². The first-order valence-corrected chi connectivity index (χ1v) is 27.7. The molecule has 0 amide bonds. The molecule has 346 valence electrons. The highest BCUT2D eigenvalue weighted by atomic mass is 28.3. The van der Waals surface area contributed by atoms with E-state index in [9.17, 15) is 0 Å². The molecular weight excluding hydrogens is 885 g/mol. The van der Waals surface area contributed by atoms with Gasteiger partial charge in [0.05, 0.1) is 27.5 Å². The van der Waals surface area contributed by atoms with Crippen molar-refractivity contribution in [2.45, 2.75) is 57.8 Å². The van der Waals surface area contributed by atoms with Gasteiger partial charge in [-0.05, 0) is 137 Å². The topological polar surface area (TPSA) is 9.86 Å². The molecule has 2 nitrogen and oxygen atoms in total. The van der Waals surface area contributed by atoms with Gasteiger partial charge in [-0.1, -0.05) is 211 Å². The van der Waals surface area contributed by atoms with E-state index < -0.39 is 13.5 Å². The monoisotopic (exact) mass is 940 g/mol. The van der Waals surface area contributed by atoms with Gasteiger partial charge in [0.2, 0.25) is 0 Å². The molecule has 1 aliphatic heterocycles. The number of nitrogens with zero attached hydrogens (tertiary/aromatic N) is 2. The van der Waals surface area contributed by atoms with Gasteiger partial charge in [0, 0.05) is 32.9 Å². The number of para-hydroxylation sites is 1. The van der Waals surface area contributed by atoms with Crippen LogP contribution in [0.5, 0.6) is 0 Å². The van der Waals surface area contributed by atoms with Gasteiger partial charge in [0.15, 0.2) is 8.07 Å². The first kappa shape index (κ1) is 42.9. The van der Waals surface area contributed by atoms with Crippen molar-refractivity contribution in [3.63, 3.8) is 0 Å². The van der Waals surface area contributed by atoms with Crippen LogP contribution in [0.15, 0.2) is 231 Å². The van der Waals surface area contributed by atoms with Crippen LogP contribution in [-0.4, -0.2) is 17.2 Å². The van der Waals surface area contributed by atoms with E-state index in [1.54, 1.807) is 0 Å². The standard InChI is InChI=1S/C69H56N2Si/c1-67(2,3)45-33-38-62-54(41-45)55-42-46(68(4,5)6)34-39-63(55)70(62)47-36-40-64-56(43-47)53-26-14-18-30-61(53)71(64)48-35-37-52-51-25-13-15-27-57(51)69(60(52)44-48)58-28-16-19-31-65(58)72(49-21-9-7-10-22-49,50-23-11-8-12-24-50)66-32-20-17-29-59(66)69/h7-44H,1-6H3. The Hall–Kier alpha value is -7.98. The van der Waals surface area contributed by atoms with Gasteiger partial charge in [-0.2, -0.15) is 0 Å². The molecule has 3 heterocycles. The van der Waals surface area contributed by atoms with Gasteiger partial charge < -0.3 is 9.13 Å². The lowest BCUT2D eigenvalue weighted by molar-refractivity contribution is 0.590. The fourth-order valence-corrected chi connectivity index (χ4v) is 18.6. The predicted molar refractivity (Wildman–Crippen MR) is 307 cm³/mol. The summed E-state index contributed by atoms with van der Waals surface area (Å²) in [6, 6.07) is 88.8. The van der Waals surface area contributed by atoms with E-state index in [1.807, 2.05) is 0 Å². The molecule has 3 heteroatoms. The Morgan fingerprint density at radius 2 is 0.736 bits per heavy atom. The Labute approximate surface area is 423 Å². The maximum atomic E-state index is 2.55. The van der Waals surface area contributed by atoms with Gasteiger partial charge in [-0.3, -0.25) is 0 Å². The molecule has 0 saturated carbocycles. The maximum absolute atomic E-state index is 2.84. The number of aromatic nitrogens is 2. The molecule has 0 N–H and O–H groups in total. The molecule has 0 atom stereocenters. The number of fused-ring (bicyclic) bond motifs is 15. The van der Waals surface area contributed by atoms with Crippen LogP contribution in [0, 0.1) is 0 Å². The summed E-state index contributed by atoms with van der Waals surface area (Å²) in [6.45, 7) is 13.9. The predicted octanol–water partition coefficient (Wildman–Crippen LogP) is 14.5. The third-order valence-electron chi connectivity index (χ3n) is 16.6. The van der Waals surface area contributed by atoms with Crippen molar-refractivity contribution in [3.8, 4) is 22.5 Å². The average Bonchev–Trinajstić information content (AvgIpc) is 4.02. The maximum Gasteiger partial charge on any atom is 0.180 e. The second-order valence-corrected chi connectivity index (χ2v) is 26.2. The molecule has 1 spiro atoms. The summed E-state index contributed by atoms with van der Waals surface area (Å²) < 4.78 is 5.02. The van der Waals surface area contributed by atoms with Crippen LogP contribution < -0.4 is 20.7 Å². The Bertz CT molecular complexity index is 4010. The molecule has 10 aromatic carbocycles. The Balaban J connectivity index is 1.02. The minimum atomic E-state index is -2.84. The van der Waals surface area contributed by atoms with Gasteiger partial charge in [-0.25, -0.2) is 0 Å². The zero-order chi connectivity index (χ0) is 48.7. The third kappa shape index (κ3) is 5.77. The van der Waals surface area contributed by atoms with Crippen molar-refractivity contribution in [2.75, 3.05) is 0 Å². The largest absolute Gasteiger partial charge is 0.309 e. The van der Waals surface area contributed by atoms with Crippen molar-refractivity contribution in [1.29, 1.82) is 0 Å². The first-order chi connectivity index (χ1) is 35.0. The van der Waals surface area contributed by atoms with E-state index in [-0.39, 0.29) is 10.8 Å². The molecule has 2 aromatic heterocycles. The Morgan fingerprint density at radius 1 is 0.319 bits per heavy atom. The summed E-state index contributed by atoms with van der Waals surface area (Å²) in [7, 11) is -2.84. The summed E-state index contributed by atoms with van der Waals surface area (Å²) in [4.78, 5) is 0. The molecule has 0 fully saturated rings. The summed E-state index contributed by atoms with van der Waals surface area (Å²) >= 11 is 0. The lowest BCUT2D eigenvalue weighted by Gasteiger charge is -2.48. The van der Waals surface area contributed by atoms with Crippen LogP contribution in [-0.2, 0) is 16.2 Å². The molecule has 1 aliphatic carbocycles. The summed E-state index contributed by atoms with van der Waals surface area (Å²) in [5.74, 6) is 0. The number of hydrogen-bond acceptors (Lipinski definition) is 0. The first-order valence-electron chi connectivity index (χ1n) is 25.7. The van der Waals surface area contributed by atoms with Crippen molar-refractivity contribution in [2.24, 2.45) is 0 Å². The highest BCUT2D eigenvalue weighted by molar-refractivity contribution is 7.20. The third-order valence-corrected chi connectivity index (χ3v) is 21.5. The molecule has 12 aromatic rings. The zero-order valence-corrected chi connectivity index (χ0v) is 42.8. The van der Waals surface area contributed by atoms with Crippen LogP contribution in [0.25, 0.3) is 66.1 Å². The van der Waals surface area contributed by atoms with E-state index in [4.69, 9.17) is 0 Å². The zero-order valence-electron chi connectivity index (χ0n) is 41.8. The molecule has 0 radical (unpaired) electrons. The van der Waals surface area contributed by atoms with E-state index >= 15 is 0 Å². The minimum Gasteiger partial charge on any atom is -0.309 e. The van der Waals surface area contributed by atoms with Crippen LogP contribution in [0.1, 0.15) is 74.9 Å². The highest BCUT2D eigenvalue weighted by Crippen LogP contribution is 2.57. The summed E-state index contributed by atoms with van der Waals surface area (Å²) in [6.07, 6.45) is 0. The Kier molecular flexibility index (Phi) is 9.08. The van der Waals surface area contributed by atoms with Crippen LogP contribution >= 0.6 is 0 Å². The van der Waals surface area contributed by atoms with E-state index in [2.05, 4.69) is 281 Å². The van der Waals surface area contributed by atoms with Crippen LogP contribution in [0.3, 0.4) is 0 Å². The fourth-order valence-electron chi connectivity index (χ4n) is 13.3. The van der Waals surface area contributed by atoms with Crippen molar-refractivity contribution in [3.05, 3.63) is 264 Å². The van der Waals surface area contributed by atoms with Gasteiger partial charge in [0.1, 0.15) is 0 Å². The number of hydrogen-bond donors (Lipinski definition) is 0. The normalized spacial score (nSPS) is 14.5. The molecule has 14 rings (SSSR count). The van der Waals surface area contributed by atoms with Gasteiger partial charge in [-0.15, -0.1) is 0 Å². The number of rotatable bonds is 4. The van der Waals surface area contributed by atoms with E-state index in [1.165, 1.54) is 115 Å². The van der Waals surface area contributed by atoms with Crippen molar-refractivity contribution >= 4 is 72.4 Å². The fraction of sp³-hybridized carbons (Fsp3) is 0.130. The molecule has 72 heavy (non-hydrogen) atoms. The molecule has 0 unspecified atom stereocenters. The smallest absolute Gasteiger partial charge is 0.180 e. The second kappa shape index (κ2) is 15.3. The molecule has 0 bridgehead atoms. The SMILES string of the molecule is CC(C)(C)c1ccc2c(c1)c1cc(C(C)(C)C)ccc1n2-c1ccc2c(c1)c1ccccc1n2-c1ccc2c(c1)C1(c3ccccc3-2)c2ccccc2[Si](c2ccccc2)(c2ccccc2)c2ccccc21. The average molecular weight is 941 g/mol. The molecule has 2 aliphatic rings. The Morgan fingerprint density at radius 3 is 1.31 bits per heavy atom. The van der Waals surface area contributed by atoms with Crippen molar-refractivity contribution in [1.82, 2.24) is 9.13 Å². The minimum absolute atomic E-state index is 0.0331. The number of benzene rings is 10. The van der Waals surface area contributed by atoms with Crippen LogP contribution in [0.2, 0.25) is 0 Å². The molecule has 0 saturated heterocycles. The van der Waals surface area contributed by atoms with E-state index in [0.29, 0.717) is 0 Å². The summed E-state index contributed by atoms with van der Waals surface area (Å²) in [5.41, 5.74) is 17.4. The molecular formula is C69H56N2Si. The quantitative estimate of drug-likeness (QED) is 0.156. The lowest BCUT2D eigenvalue weighted by atomic mass is 9.67. The lowest BCUT2D eigenvalue weighted by Crippen LogP contribution is -2.79. The summed E-state index contributed by atoms with van der Waals surface area (Å²) in [5, 5.41) is 10.8. The second-order valence-electron chi connectivity index (χ2n) is 22.5. The van der Waals surface area contributed by atoms with E-state index in [0.717, 1.165) is 5.69 Å². The highest BCUT2D eigenvalue weighted by Gasteiger charge is 2.57. The van der Waals surface area contributed by atoms with Gasteiger partial charge >= 0.3 is 0 Å².